The number of nitrogens with zero attached hydrogens (tertiary/aromatic N) is 5. The summed E-state index contributed by atoms with van der Waals surface area (Å²) >= 11 is 0. The number of fused-ring (bicyclic) bond motifs is 9. The van der Waals surface area contributed by atoms with Crippen molar-refractivity contribution < 1.29 is 0 Å². The Labute approximate surface area is 356 Å². The van der Waals surface area contributed by atoms with Gasteiger partial charge in [-0.3, -0.25) is 4.57 Å². The summed E-state index contributed by atoms with van der Waals surface area (Å²) in [5.74, 6) is 1.84. The van der Waals surface area contributed by atoms with E-state index >= 15 is 0 Å². The molecule has 0 aliphatic rings. The molecule has 0 N–H and O–H groups in total. The summed E-state index contributed by atoms with van der Waals surface area (Å²) in [6.07, 6.45) is 0. The van der Waals surface area contributed by atoms with E-state index in [4.69, 9.17) is 15.0 Å². The SMILES string of the molecule is c1ccc2cc(-n3c4ccccc4c4cc(-c5ccc6c(c5)c5ccccc5n6-c5nc(-c6cccc7ccccc67)nc(-c6cccc7ccccc67)n5)ccc43)ccc2c1. The average molecular weight is 790 g/mol. The first kappa shape index (κ1) is 34.5. The van der Waals surface area contributed by atoms with Crippen molar-refractivity contribution in [1.29, 1.82) is 0 Å². The van der Waals surface area contributed by atoms with Gasteiger partial charge >= 0.3 is 0 Å². The highest BCUT2D eigenvalue weighted by molar-refractivity contribution is 6.13. The van der Waals surface area contributed by atoms with Gasteiger partial charge in [-0.15, -0.1) is 0 Å². The number of hydrogen-bond donors (Lipinski definition) is 0. The Bertz CT molecular complexity index is 3840. The molecule has 0 saturated carbocycles. The molecule has 0 amide bonds. The number of para-hydroxylation sites is 2. The van der Waals surface area contributed by atoms with E-state index in [2.05, 4.69) is 221 Å². The second-order valence-corrected chi connectivity index (χ2v) is 16.0. The van der Waals surface area contributed by atoms with Crippen LogP contribution in [-0.4, -0.2) is 24.1 Å². The average Bonchev–Trinajstić information content (AvgIpc) is 3.85. The van der Waals surface area contributed by atoms with Crippen LogP contribution < -0.4 is 0 Å². The molecule has 62 heavy (non-hydrogen) atoms. The van der Waals surface area contributed by atoms with Gasteiger partial charge in [0.1, 0.15) is 0 Å². The minimum atomic E-state index is 0.577. The molecule has 0 saturated heterocycles. The molecule has 0 fully saturated rings. The van der Waals surface area contributed by atoms with Gasteiger partial charge in [-0.1, -0.05) is 164 Å². The monoisotopic (exact) mass is 789 g/mol. The molecule has 0 radical (unpaired) electrons. The van der Waals surface area contributed by atoms with Crippen molar-refractivity contribution in [1.82, 2.24) is 24.1 Å². The van der Waals surface area contributed by atoms with Crippen LogP contribution in [0, 0.1) is 0 Å². The third-order valence-electron chi connectivity index (χ3n) is 12.6. The maximum absolute atomic E-state index is 5.33. The van der Waals surface area contributed by atoms with Gasteiger partial charge in [-0.25, -0.2) is 4.98 Å². The molecule has 0 unspecified atom stereocenters. The lowest BCUT2D eigenvalue weighted by Crippen LogP contribution is -2.06. The normalized spacial score (nSPS) is 11.9. The van der Waals surface area contributed by atoms with Crippen LogP contribution >= 0.6 is 0 Å². The summed E-state index contributed by atoms with van der Waals surface area (Å²) < 4.78 is 4.60. The standard InChI is InChI=1S/C57H35N5/c1-2-16-39-33-42(30-27-36(39)13-1)61-51-25-9-7-21-45(51)49-34-40(28-31-53(49)61)41-29-32-54-50(35-41)46-22-8-10-26-52(46)62(54)57-59-55(47-23-11-17-37-14-3-5-19-43(37)47)58-56(60-57)48-24-12-18-38-15-4-6-20-44(38)48/h1-35H. The molecule has 3 heterocycles. The zero-order valence-electron chi connectivity index (χ0n) is 33.4. The van der Waals surface area contributed by atoms with Crippen LogP contribution in [0.25, 0.3) is 121 Å². The third-order valence-corrected chi connectivity index (χ3v) is 12.6. The molecule has 0 bridgehead atoms. The van der Waals surface area contributed by atoms with Gasteiger partial charge in [0.05, 0.1) is 22.1 Å². The lowest BCUT2D eigenvalue weighted by Gasteiger charge is -2.13. The lowest BCUT2D eigenvalue weighted by atomic mass is 10.0. The van der Waals surface area contributed by atoms with Crippen LogP contribution in [0.2, 0.25) is 0 Å². The molecule has 0 atom stereocenters. The first-order chi connectivity index (χ1) is 30.7. The molecule has 10 aromatic carbocycles. The minimum Gasteiger partial charge on any atom is -0.309 e. The van der Waals surface area contributed by atoms with Gasteiger partial charge in [0.2, 0.25) is 5.95 Å². The van der Waals surface area contributed by atoms with E-state index < -0.39 is 0 Å². The predicted octanol–water partition coefficient (Wildman–Crippen LogP) is 14.5. The number of rotatable bonds is 5. The highest BCUT2D eigenvalue weighted by Gasteiger charge is 2.21. The van der Waals surface area contributed by atoms with Crippen molar-refractivity contribution in [2.24, 2.45) is 0 Å². The summed E-state index contributed by atoms with van der Waals surface area (Å²) in [6, 6.07) is 75.8. The van der Waals surface area contributed by atoms with Crippen molar-refractivity contribution >= 4 is 75.9 Å². The lowest BCUT2D eigenvalue weighted by molar-refractivity contribution is 0.955. The van der Waals surface area contributed by atoms with E-state index in [0.717, 1.165) is 71.3 Å². The van der Waals surface area contributed by atoms with Crippen LogP contribution in [0.3, 0.4) is 0 Å². The molecule has 288 valence electrons. The summed E-state index contributed by atoms with van der Waals surface area (Å²) in [6.45, 7) is 0. The molecule has 0 aliphatic carbocycles. The molecule has 13 aromatic rings. The molecular formula is C57H35N5. The zero-order valence-corrected chi connectivity index (χ0v) is 33.4. The number of benzene rings is 10. The van der Waals surface area contributed by atoms with E-state index in [1.807, 2.05) is 0 Å². The summed E-state index contributed by atoms with van der Waals surface area (Å²) in [7, 11) is 0. The third kappa shape index (κ3) is 5.32. The topological polar surface area (TPSA) is 48.5 Å². The molecule has 5 nitrogen and oxygen atoms in total. The summed E-state index contributed by atoms with van der Waals surface area (Å²) in [5.41, 5.74) is 9.83. The second kappa shape index (κ2) is 13.6. The van der Waals surface area contributed by atoms with E-state index in [-0.39, 0.29) is 0 Å². The first-order valence-corrected chi connectivity index (χ1v) is 21.0. The molecule has 5 heteroatoms. The molecular weight excluding hydrogens is 755 g/mol. The Kier molecular flexibility index (Phi) is 7.54. The van der Waals surface area contributed by atoms with Crippen LogP contribution in [-0.2, 0) is 0 Å². The van der Waals surface area contributed by atoms with Crippen LogP contribution in [0.15, 0.2) is 212 Å². The van der Waals surface area contributed by atoms with Crippen LogP contribution in [0.5, 0.6) is 0 Å². The molecule has 0 aliphatic heterocycles. The van der Waals surface area contributed by atoms with Crippen LogP contribution in [0.1, 0.15) is 0 Å². The summed E-state index contributed by atoms with van der Waals surface area (Å²) in [5, 5.41) is 11.7. The van der Waals surface area contributed by atoms with Gasteiger partial charge in [0.25, 0.3) is 0 Å². The maximum atomic E-state index is 5.33. The Morgan fingerprint density at radius 2 is 0.726 bits per heavy atom. The smallest absolute Gasteiger partial charge is 0.238 e. The fourth-order valence-corrected chi connectivity index (χ4v) is 9.66. The van der Waals surface area contributed by atoms with Crippen molar-refractivity contribution in [3.05, 3.63) is 212 Å². The van der Waals surface area contributed by atoms with Gasteiger partial charge in [-0.05, 0) is 92.0 Å². The maximum Gasteiger partial charge on any atom is 0.238 e. The minimum absolute atomic E-state index is 0.577. The van der Waals surface area contributed by atoms with E-state index in [9.17, 15) is 0 Å². The van der Waals surface area contributed by atoms with Crippen molar-refractivity contribution in [2.45, 2.75) is 0 Å². The van der Waals surface area contributed by atoms with Crippen molar-refractivity contribution in [2.75, 3.05) is 0 Å². The van der Waals surface area contributed by atoms with E-state index in [1.165, 1.54) is 32.6 Å². The highest BCUT2D eigenvalue weighted by atomic mass is 15.2. The predicted molar refractivity (Wildman–Crippen MR) is 257 cm³/mol. The Morgan fingerprint density at radius 1 is 0.274 bits per heavy atom. The molecule has 0 spiro atoms. The molecule has 13 rings (SSSR count). The van der Waals surface area contributed by atoms with Crippen molar-refractivity contribution in [3.8, 4) is 45.5 Å². The van der Waals surface area contributed by atoms with E-state index in [1.54, 1.807) is 0 Å². The fourth-order valence-electron chi connectivity index (χ4n) is 9.66. The Morgan fingerprint density at radius 3 is 1.32 bits per heavy atom. The number of hydrogen-bond acceptors (Lipinski definition) is 3. The largest absolute Gasteiger partial charge is 0.309 e. The van der Waals surface area contributed by atoms with Gasteiger partial charge < -0.3 is 4.57 Å². The Hall–Kier alpha value is -8.41. The van der Waals surface area contributed by atoms with Gasteiger partial charge in [0, 0.05) is 38.4 Å². The van der Waals surface area contributed by atoms with Gasteiger partial charge in [-0.2, -0.15) is 9.97 Å². The van der Waals surface area contributed by atoms with Crippen molar-refractivity contribution in [3.63, 3.8) is 0 Å². The number of aromatic nitrogens is 5. The van der Waals surface area contributed by atoms with Crippen LogP contribution in [0.4, 0.5) is 0 Å². The second-order valence-electron chi connectivity index (χ2n) is 16.0. The zero-order chi connectivity index (χ0) is 40.7. The van der Waals surface area contributed by atoms with E-state index in [0.29, 0.717) is 17.6 Å². The fraction of sp³-hybridized carbons (Fsp3) is 0. The summed E-state index contributed by atoms with van der Waals surface area (Å²) in [4.78, 5) is 15.9. The van der Waals surface area contributed by atoms with Gasteiger partial charge in [0.15, 0.2) is 11.6 Å². The Balaban J connectivity index is 1.01. The first-order valence-electron chi connectivity index (χ1n) is 21.0. The molecule has 3 aromatic heterocycles. The highest BCUT2D eigenvalue weighted by Crippen LogP contribution is 2.39. The quantitative estimate of drug-likeness (QED) is 0.174.